The molecule has 1 aliphatic rings. The third-order valence-corrected chi connectivity index (χ3v) is 4.27. The summed E-state index contributed by atoms with van der Waals surface area (Å²) in [7, 11) is -3.39. The molecular weight excluding hydrogens is 286 g/mol. The zero-order valence-corrected chi connectivity index (χ0v) is 12.3. The topological polar surface area (TPSA) is 116 Å². The Bertz CT molecular complexity index is 447. The fourth-order valence-electron chi connectivity index (χ4n) is 1.69. The summed E-state index contributed by atoms with van der Waals surface area (Å²) in [5.41, 5.74) is 0. The van der Waals surface area contributed by atoms with Crippen molar-refractivity contribution in [2.24, 2.45) is 5.92 Å². The molecule has 1 saturated carbocycles. The fourth-order valence-corrected chi connectivity index (χ4v) is 2.65. The molecule has 0 spiro atoms. The van der Waals surface area contributed by atoms with E-state index in [1.54, 1.807) is 6.92 Å². The van der Waals surface area contributed by atoms with Gasteiger partial charge in [0.25, 0.3) is 0 Å². The Morgan fingerprint density at radius 3 is 2.50 bits per heavy atom. The highest BCUT2D eigenvalue weighted by molar-refractivity contribution is 7.89. The molecule has 2 amide bonds. The smallest absolute Gasteiger partial charge is 0.323 e. The maximum Gasteiger partial charge on any atom is 0.323 e. The number of hydrogen-bond acceptors (Lipinski definition) is 4. The van der Waals surface area contributed by atoms with Gasteiger partial charge in [-0.25, -0.2) is 17.9 Å². The number of sulfonamides is 1. The summed E-state index contributed by atoms with van der Waals surface area (Å²) in [6.45, 7) is 1.94. The number of urea groups is 1. The SMILES string of the molecule is CCNS(=O)(=O)CCNC(=O)N(CC(=O)O)CC1CC1. The van der Waals surface area contributed by atoms with Crippen LogP contribution in [0.1, 0.15) is 19.8 Å². The summed E-state index contributed by atoms with van der Waals surface area (Å²) in [6.07, 6.45) is 2.00. The van der Waals surface area contributed by atoms with E-state index in [-0.39, 0.29) is 18.8 Å². The van der Waals surface area contributed by atoms with Crippen molar-refractivity contribution in [2.45, 2.75) is 19.8 Å². The summed E-state index contributed by atoms with van der Waals surface area (Å²) >= 11 is 0. The monoisotopic (exact) mass is 307 g/mol. The van der Waals surface area contributed by atoms with E-state index in [0.717, 1.165) is 12.8 Å². The first kappa shape index (κ1) is 16.7. The van der Waals surface area contributed by atoms with Crippen molar-refractivity contribution in [3.05, 3.63) is 0 Å². The second kappa shape index (κ2) is 7.44. The second-order valence-corrected chi connectivity index (χ2v) is 6.69. The highest BCUT2D eigenvalue weighted by atomic mass is 32.2. The maximum atomic E-state index is 11.8. The Kier molecular flexibility index (Phi) is 6.21. The highest BCUT2D eigenvalue weighted by Gasteiger charge is 2.27. The van der Waals surface area contributed by atoms with E-state index in [1.165, 1.54) is 4.90 Å². The van der Waals surface area contributed by atoms with Gasteiger partial charge < -0.3 is 15.3 Å². The molecule has 9 heteroatoms. The molecule has 0 aromatic rings. The van der Waals surface area contributed by atoms with E-state index >= 15 is 0 Å². The molecule has 8 nitrogen and oxygen atoms in total. The van der Waals surface area contributed by atoms with Crippen LogP contribution >= 0.6 is 0 Å². The first-order valence-electron chi connectivity index (χ1n) is 6.56. The van der Waals surface area contributed by atoms with E-state index in [4.69, 9.17) is 5.11 Å². The number of rotatable bonds is 9. The number of carboxylic acids is 1. The zero-order valence-electron chi connectivity index (χ0n) is 11.5. The number of aliphatic carboxylic acids is 1. The quantitative estimate of drug-likeness (QED) is 0.527. The van der Waals surface area contributed by atoms with Crippen LogP contribution in [0.4, 0.5) is 4.79 Å². The molecule has 20 heavy (non-hydrogen) atoms. The van der Waals surface area contributed by atoms with Gasteiger partial charge in [0.05, 0.1) is 5.75 Å². The van der Waals surface area contributed by atoms with Crippen LogP contribution in [0.3, 0.4) is 0 Å². The molecule has 1 fully saturated rings. The number of amides is 2. The Morgan fingerprint density at radius 2 is 2.00 bits per heavy atom. The van der Waals surface area contributed by atoms with Crippen molar-refractivity contribution in [3.63, 3.8) is 0 Å². The van der Waals surface area contributed by atoms with Crippen molar-refractivity contribution in [2.75, 3.05) is 31.9 Å². The molecule has 1 rings (SSSR count). The number of carbonyl (C=O) groups is 2. The molecule has 0 heterocycles. The number of nitrogens with zero attached hydrogens (tertiary/aromatic N) is 1. The van der Waals surface area contributed by atoms with Gasteiger partial charge in [0.1, 0.15) is 6.54 Å². The number of carbonyl (C=O) groups excluding carboxylic acids is 1. The minimum absolute atomic E-state index is 0.0467. The van der Waals surface area contributed by atoms with Gasteiger partial charge in [0.15, 0.2) is 0 Å². The van der Waals surface area contributed by atoms with E-state index in [1.807, 2.05) is 0 Å². The molecule has 0 aliphatic heterocycles. The van der Waals surface area contributed by atoms with Crippen LogP contribution in [-0.2, 0) is 14.8 Å². The van der Waals surface area contributed by atoms with Crippen molar-refractivity contribution in [1.29, 1.82) is 0 Å². The Morgan fingerprint density at radius 1 is 1.35 bits per heavy atom. The van der Waals surface area contributed by atoms with Gasteiger partial charge in [-0.2, -0.15) is 0 Å². The van der Waals surface area contributed by atoms with Gasteiger partial charge in [0, 0.05) is 19.6 Å². The largest absolute Gasteiger partial charge is 0.480 e. The highest BCUT2D eigenvalue weighted by Crippen LogP contribution is 2.29. The molecule has 0 unspecified atom stereocenters. The third-order valence-electron chi connectivity index (χ3n) is 2.80. The molecule has 0 saturated heterocycles. The summed E-state index contributed by atoms with van der Waals surface area (Å²) in [6, 6.07) is -0.536. The average molecular weight is 307 g/mol. The number of nitrogens with one attached hydrogen (secondary N) is 2. The normalized spacial score (nSPS) is 14.8. The van der Waals surface area contributed by atoms with E-state index in [2.05, 4.69) is 10.0 Å². The van der Waals surface area contributed by atoms with Crippen molar-refractivity contribution in [3.8, 4) is 0 Å². The Hall–Kier alpha value is -1.35. The third kappa shape index (κ3) is 6.71. The Balaban J connectivity index is 2.39. The van der Waals surface area contributed by atoms with Crippen molar-refractivity contribution >= 4 is 22.0 Å². The molecule has 0 atom stereocenters. The minimum atomic E-state index is -3.39. The molecular formula is C11H21N3O5S. The number of carboxylic acid groups (broad SMARTS) is 1. The maximum absolute atomic E-state index is 11.8. The lowest BCUT2D eigenvalue weighted by Gasteiger charge is -2.21. The van der Waals surface area contributed by atoms with Crippen molar-refractivity contribution in [1.82, 2.24) is 14.9 Å². The van der Waals surface area contributed by atoms with Gasteiger partial charge in [-0.05, 0) is 18.8 Å². The molecule has 0 aromatic heterocycles. The van der Waals surface area contributed by atoms with Gasteiger partial charge >= 0.3 is 12.0 Å². The lowest BCUT2D eigenvalue weighted by Crippen LogP contribution is -2.45. The first-order valence-corrected chi connectivity index (χ1v) is 8.21. The standard InChI is InChI=1S/C11H21N3O5S/c1-2-13-20(18,19)6-5-12-11(17)14(8-10(15)16)7-9-3-4-9/h9,13H,2-8H2,1H3,(H,12,17)(H,15,16). The van der Waals surface area contributed by atoms with E-state index in [0.29, 0.717) is 19.0 Å². The minimum Gasteiger partial charge on any atom is -0.480 e. The summed E-state index contributed by atoms with van der Waals surface area (Å²) in [4.78, 5) is 23.7. The van der Waals surface area contributed by atoms with Crippen LogP contribution in [-0.4, -0.2) is 62.4 Å². The first-order chi connectivity index (χ1) is 9.34. The lowest BCUT2D eigenvalue weighted by molar-refractivity contribution is -0.137. The van der Waals surface area contributed by atoms with Crippen molar-refractivity contribution < 1.29 is 23.1 Å². The van der Waals surface area contributed by atoms with Crippen LogP contribution in [0, 0.1) is 5.92 Å². The molecule has 0 radical (unpaired) electrons. The van der Waals surface area contributed by atoms with Gasteiger partial charge in [-0.3, -0.25) is 4.79 Å². The predicted octanol–water partition coefficient (Wildman–Crippen LogP) is -0.568. The van der Waals surface area contributed by atoms with E-state index < -0.39 is 22.0 Å². The second-order valence-electron chi connectivity index (χ2n) is 4.77. The average Bonchev–Trinajstić information content (AvgIpc) is 3.11. The lowest BCUT2D eigenvalue weighted by atomic mass is 10.3. The van der Waals surface area contributed by atoms with Crippen LogP contribution in [0.2, 0.25) is 0 Å². The molecule has 116 valence electrons. The molecule has 1 aliphatic carbocycles. The van der Waals surface area contributed by atoms with Crippen LogP contribution in [0.25, 0.3) is 0 Å². The Labute approximate surface area is 118 Å². The van der Waals surface area contributed by atoms with Crippen LogP contribution < -0.4 is 10.0 Å². The molecule has 3 N–H and O–H groups in total. The fraction of sp³-hybridized carbons (Fsp3) is 0.818. The molecule has 0 bridgehead atoms. The van der Waals surface area contributed by atoms with Crippen LogP contribution in [0.15, 0.2) is 0 Å². The molecule has 0 aromatic carbocycles. The summed E-state index contributed by atoms with van der Waals surface area (Å²) in [5.74, 6) is -0.941. The van der Waals surface area contributed by atoms with Gasteiger partial charge in [-0.15, -0.1) is 0 Å². The number of hydrogen-bond donors (Lipinski definition) is 3. The van der Waals surface area contributed by atoms with Gasteiger partial charge in [-0.1, -0.05) is 6.92 Å². The summed E-state index contributed by atoms with van der Waals surface area (Å²) in [5, 5.41) is 11.2. The van der Waals surface area contributed by atoms with Crippen LogP contribution in [0.5, 0.6) is 0 Å². The predicted molar refractivity (Wildman–Crippen MR) is 72.8 cm³/mol. The van der Waals surface area contributed by atoms with Gasteiger partial charge in [0.2, 0.25) is 10.0 Å². The van der Waals surface area contributed by atoms with E-state index in [9.17, 15) is 18.0 Å². The summed E-state index contributed by atoms with van der Waals surface area (Å²) < 4.78 is 25.1. The zero-order chi connectivity index (χ0) is 15.2.